The van der Waals surface area contributed by atoms with Crippen LogP contribution in [-0.4, -0.2) is 27.8 Å². The number of aromatic nitrogens is 2. The molecular formula is C24H29N5O2. The van der Waals surface area contributed by atoms with Crippen molar-refractivity contribution in [2.45, 2.75) is 39.4 Å². The Bertz CT molecular complexity index is 1000. The monoisotopic (exact) mass is 419 g/mol. The number of hydrogen-bond donors (Lipinski definition) is 3. The number of benzene rings is 2. The Kier molecular flexibility index (Phi) is 7.43. The maximum Gasteiger partial charge on any atom is 0.312 e. The molecule has 4 N–H and O–H groups in total. The molecule has 0 radical (unpaired) electrons. The first-order valence-corrected chi connectivity index (χ1v) is 10.5. The Morgan fingerprint density at radius 1 is 1.06 bits per heavy atom. The van der Waals surface area contributed by atoms with E-state index in [4.69, 9.17) is 10.8 Å². The number of carbonyl (C=O) groups excluding carboxylic acids is 2. The number of nitrogens with zero attached hydrogens (tertiary/aromatic N) is 2. The van der Waals surface area contributed by atoms with Gasteiger partial charge in [-0.05, 0) is 11.5 Å². The zero-order chi connectivity index (χ0) is 22.2. The largest absolute Gasteiger partial charge is 0.352 e. The third kappa shape index (κ3) is 5.94. The number of urea groups is 1. The average molecular weight is 420 g/mol. The van der Waals surface area contributed by atoms with Crippen molar-refractivity contribution >= 4 is 11.9 Å². The zero-order valence-electron chi connectivity index (χ0n) is 17.9. The molecule has 1 heterocycles. The van der Waals surface area contributed by atoms with Crippen LogP contribution in [0, 0.1) is 5.92 Å². The highest BCUT2D eigenvalue weighted by atomic mass is 16.2. The molecule has 0 bridgehead atoms. The van der Waals surface area contributed by atoms with E-state index in [2.05, 4.69) is 22.8 Å². The average Bonchev–Trinajstić information content (AvgIpc) is 3.19. The molecule has 31 heavy (non-hydrogen) atoms. The fourth-order valence-corrected chi connectivity index (χ4v) is 3.43. The molecule has 0 spiro atoms. The first-order chi connectivity index (χ1) is 15.0. The summed E-state index contributed by atoms with van der Waals surface area (Å²) in [5.41, 5.74) is 9.10. The van der Waals surface area contributed by atoms with Crippen molar-refractivity contribution in [1.29, 1.82) is 0 Å². The fraction of sp³-hybridized carbons (Fsp3) is 0.292. The van der Waals surface area contributed by atoms with Gasteiger partial charge in [-0.2, -0.15) is 5.10 Å². The molecule has 0 aliphatic carbocycles. The molecule has 0 fully saturated rings. The van der Waals surface area contributed by atoms with Crippen molar-refractivity contribution in [3.05, 3.63) is 78.0 Å². The minimum atomic E-state index is -0.707. The summed E-state index contributed by atoms with van der Waals surface area (Å²) in [5, 5.41) is 10.3. The van der Waals surface area contributed by atoms with Gasteiger partial charge in [0, 0.05) is 23.9 Å². The molecule has 0 saturated heterocycles. The van der Waals surface area contributed by atoms with Crippen LogP contribution in [0.5, 0.6) is 0 Å². The van der Waals surface area contributed by atoms with Crippen molar-refractivity contribution in [3.8, 4) is 11.3 Å². The van der Waals surface area contributed by atoms with Crippen LogP contribution in [0.2, 0.25) is 0 Å². The number of rotatable bonds is 9. The van der Waals surface area contributed by atoms with Gasteiger partial charge >= 0.3 is 6.03 Å². The lowest BCUT2D eigenvalue weighted by atomic mass is 9.98. The van der Waals surface area contributed by atoms with Crippen LogP contribution in [-0.2, 0) is 17.9 Å². The van der Waals surface area contributed by atoms with E-state index in [0.717, 1.165) is 28.8 Å². The fourth-order valence-electron chi connectivity index (χ4n) is 3.43. The molecule has 7 nitrogen and oxygen atoms in total. The maximum absolute atomic E-state index is 12.8. The van der Waals surface area contributed by atoms with Gasteiger partial charge in [-0.3, -0.25) is 9.48 Å². The van der Waals surface area contributed by atoms with Crippen LogP contribution in [0.1, 0.15) is 31.4 Å². The minimum absolute atomic E-state index is 0.0399. The summed E-state index contributed by atoms with van der Waals surface area (Å²) in [5.74, 6) is -0.301. The van der Waals surface area contributed by atoms with E-state index in [0.29, 0.717) is 13.1 Å². The number of carbonyl (C=O) groups is 2. The number of primary amides is 1. The summed E-state index contributed by atoms with van der Waals surface area (Å²) < 4.78 is 1.88. The lowest BCUT2D eigenvalue weighted by molar-refractivity contribution is -0.124. The molecule has 1 aromatic heterocycles. The zero-order valence-corrected chi connectivity index (χ0v) is 17.9. The molecule has 3 aromatic rings. The summed E-state index contributed by atoms with van der Waals surface area (Å²) in [6.07, 6.45) is 2.69. The topological polar surface area (TPSA) is 102 Å². The first kappa shape index (κ1) is 22.1. The number of hydrogen-bond acceptors (Lipinski definition) is 3. The summed E-state index contributed by atoms with van der Waals surface area (Å²) in [6, 6.07) is 18.6. The molecule has 162 valence electrons. The second-order valence-corrected chi connectivity index (χ2v) is 7.64. The van der Waals surface area contributed by atoms with Crippen LogP contribution in [0.4, 0.5) is 4.79 Å². The SMILES string of the molecule is CC[C@@H](C)[C@@H](NC(N)=O)C(=O)NCc1cn(Cc2ccccc2)nc1-c1ccccc1. The predicted octanol–water partition coefficient (Wildman–Crippen LogP) is 3.30. The van der Waals surface area contributed by atoms with E-state index in [1.54, 1.807) is 0 Å². The molecule has 0 saturated carbocycles. The van der Waals surface area contributed by atoms with Gasteiger partial charge in [0.15, 0.2) is 0 Å². The number of amides is 3. The molecule has 2 aromatic carbocycles. The Labute approximate surface area is 182 Å². The van der Waals surface area contributed by atoms with E-state index in [-0.39, 0.29) is 11.8 Å². The van der Waals surface area contributed by atoms with Gasteiger partial charge in [0.05, 0.1) is 12.2 Å². The quantitative estimate of drug-likeness (QED) is 0.496. The standard InChI is InChI=1S/C24H29N5O2/c1-3-17(2)21(27-24(25)31)23(30)26-14-20-16-29(15-18-10-6-4-7-11-18)28-22(20)19-12-8-5-9-13-19/h4-13,16-17,21H,3,14-15H2,1-2H3,(H,26,30)(H3,25,27,31)/t17-,21-/m1/s1. The molecule has 0 aliphatic heterocycles. The van der Waals surface area contributed by atoms with Crippen LogP contribution >= 0.6 is 0 Å². The Balaban J connectivity index is 1.81. The van der Waals surface area contributed by atoms with Gasteiger partial charge in [0.1, 0.15) is 6.04 Å². The number of nitrogens with one attached hydrogen (secondary N) is 2. The van der Waals surface area contributed by atoms with Gasteiger partial charge in [0.2, 0.25) is 5.91 Å². The third-order valence-corrected chi connectivity index (χ3v) is 5.32. The molecular weight excluding hydrogens is 390 g/mol. The summed E-state index contributed by atoms with van der Waals surface area (Å²) in [6.45, 7) is 4.81. The van der Waals surface area contributed by atoms with Crippen molar-refractivity contribution in [2.75, 3.05) is 0 Å². The third-order valence-electron chi connectivity index (χ3n) is 5.32. The van der Waals surface area contributed by atoms with Gasteiger partial charge < -0.3 is 16.4 Å². The molecule has 0 aliphatic rings. The van der Waals surface area contributed by atoms with Gasteiger partial charge in [-0.15, -0.1) is 0 Å². The second kappa shape index (κ2) is 10.4. The minimum Gasteiger partial charge on any atom is -0.352 e. The van der Waals surface area contributed by atoms with E-state index < -0.39 is 12.1 Å². The molecule has 2 atom stereocenters. The van der Waals surface area contributed by atoms with Crippen LogP contribution in [0.25, 0.3) is 11.3 Å². The lowest BCUT2D eigenvalue weighted by Gasteiger charge is -2.22. The van der Waals surface area contributed by atoms with Gasteiger partial charge in [-0.25, -0.2) is 4.79 Å². The first-order valence-electron chi connectivity index (χ1n) is 10.5. The van der Waals surface area contributed by atoms with Crippen molar-refractivity contribution in [1.82, 2.24) is 20.4 Å². The van der Waals surface area contributed by atoms with E-state index in [9.17, 15) is 9.59 Å². The lowest BCUT2D eigenvalue weighted by Crippen LogP contribution is -2.51. The highest BCUT2D eigenvalue weighted by molar-refractivity contribution is 5.86. The van der Waals surface area contributed by atoms with E-state index in [1.807, 2.05) is 73.3 Å². The number of nitrogens with two attached hydrogens (primary N) is 1. The van der Waals surface area contributed by atoms with Crippen molar-refractivity contribution in [2.24, 2.45) is 11.7 Å². The summed E-state index contributed by atoms with van der Waals surface area (Å²) >= 11 is 0. The second-order valence-electron chi connectivity index (χ2n) is 7.64. The van der Waals surface area contributed by atoms with Crippen molar-refractivity contribution < 1.29 is 9.59 Å². The Morgan fingerprint density at radius 2 is 1.71 bits per heavy atom. The highest BCUT2D eigenvalue weighted by Gasteiger charge is 2.25. The Hall–Kier alpha value is -3.61. The summed E-state index contributed by atoms with van der Waals surface area (Å²) in [4.78, 5) is 24.1. The van der Waals surface area contributed by atoms with Crippen molar-refractivity contribution in [3.63, 3.8) is 0 Å². The van der Waals surface area contributed by atoms with Crippen LogP contribution < -0.4 is 16.4 Å². The van der Waals surface area contributed by atoms with E-state index >= 15 is 0 Å². The molecule has 3 rings (SSSR count). The maximum atomic E-state index is 12.8. The molecule has 7 heteroatoms. The normalized spacial score (nSPS) is 12.7. The van der Waals surface area contributed by atoms with Crippen LogP contribution in [0.3, 0.4) is 0 Å². The van der Waals surface area contributed by atoms with Crippen LogP contribution in [0.15, 0.2) is 66.9 Å². The van der Waals surface area contributed by atoms with Gasteiger partial charge in [0.25, 0.3) is 0 Å². The summed E-state index contributed by atoms with van der Waals surface area (Å²) in [7, 11) is 0. The molecule has 3 amide bonds. The highest BCUT2D eigenvalue weighted by Crippen LogP contribution is 2.22. The van der Waals surface area contributed by atoms with E-state index in [1.165, 1.54) is 0 Å². The molecule has 0 unspecified atom stereocenters. The smallest absolute Gasteiger partial charge is 0.312 e. The predicted molar refractivity (Wildman–Crippen MR) is 121 cm³/mol. The Morgan fingerprint density at radius 3 is 2.32 bits per heavy atom. The van der Waals surface area contributed by atoms with Gasteiger partial charge in [-0.1, -0.05) is 80.9 Å².